The largest absolute Gasteiger partial charge is 0.481 e. The molecular weight excluding hydrogens is 276 g/mol. The normalized spacial score (nSPS) is 24.8. The maximum Gasteiger partial charge on any atom is 0.315 e. The van der Waals surface area contributed by atoms with Crippen LogP contribution in [0.5, 0.6) is 0 Å². The number of aliphatic carboxylic acids is 1. The van der Waals surface area contributed by atoms with Crippen molar-refractivity contribution in [1.82, 2.24) is 20.8 Å². The minimum absolute atomic E-state index is 0.347. The minimum atomic E-state index is -0.888. The van der Waals surface area contributed by atoms with Crippen molar-refractivity contribution in [3.05, 3.63) is 11.7 Å². The van der Waals surface area contributed by atoms with Gasteiger partial charge in [-0.2, -0.15) is 4.98 Å². The number of hydrogen-bond acceptors (Lipinski definition) is 5. The first-order chi connectivity index (χ1) is 9.91. The predicted octanol–water partition coefficient (Wildman–Crippen LogP) is 0.863. The van der Waals surface area contributed by atoms with E-state index in [-0.39, 0.29) is 12.1 Å². The molecule has 8 nitrogen and oxygen atoms in total. The summed E-state index contributed by atoms with van der Waals surface area (Å²) in [5.41, 5.74) is -0.888. The van der Waals surface area contributed by atoms with Gasteiger partial charge in [-0.3, -0.25) is 4.79 Å². The van der Waals surface area contributed by atoms with Crippen LogP contribution in [-0.4, -0.2) is 39.8 Å². The molecule has 3 N–H and O–H groups in total. The standard InChI is InChI=1S/C13H20N4O4/c1-8-15-10(21-17-8)5-7-14-12(20)16-9-4-3-6-13(9,2)11(18)19/h9H,3-7H2,1-2H3,(H,18,19)(H2,14,16,20). The van der Waals surface area contributed by atoms with Crippen molar-refractivity contribution < 1.29 is 19.2 Å². The molecule has 2 amide bonds. The summed E-state index contributed by atoms with van der Waals surface area (Å²) in [6.45, 7) is 3.75. The van der Waals surface area contributed by atoms with Gasteiger partial charge in [0, 0.05) is 19.0 Å². The van der Waals surface area contributed by atoms with Gasteiger partial charge in [0.25, 0.3) is 0 Å². The fourth-order valence-electron chi connectivity index (χ4n) is 2.59. The van der Waals surface area contributed by atoms with Crippen LogP contribution in [0.15, 0.2) is 4.52 Å². The van der Waals surface area contributed by atoms with E-state index in [4.69, 9.17) is 4.52 Å². The van der Waals surface area contributed by atoms with Gasteiger partial charge in [-0.05, 0) is 26.7 Å². The second-order valence-corrected chi connectivity index (χ2v) is 5.55. The smallest absolute Gasteiger partial charge is 0.315 e. The first kappa shape index (κ1) is 15.3. The Bertz CT molecular complexity index is 530. The lowest BCUT2D eigenvalue weighted by Gasteiger charge is -2.27. The number of carbonyl (C=O) groups is 2. The number of urea groups is 1. The Balaban J connectivity index is 1.78. The van der Waals surface area contributed by atoms with Gasteiger partial charge in [0.2, 0.25) is 5.89 Å². The highest BCUT2D eigenvalue weighted by molar-refractivity contribution is 5.79. The minimum Gasteiger partial charge on any atom is -0.481 e. The average Bonchev–Trinajstić information content (AvgIpc) is 2.98. The first-order valence-electron chi connectivity index (χ1n) is 6.99. The Labute approximate surface area is 122 Å². The zero-order chi connectivity index (χ0) is 15.5. The molecule has 1 aromatic rings. The Hall–Kier alpha value is -2.12. The Morgan fingerprint density at radius 3 is 2.90 bits per heavy atom. The van der Waals surface area contributed by atoms with Gasteiger partial charge < -0.3 is 20.3 Å². The molecule has 0 saturated heterocycles. The van der Waals surface area contributed by atoms with Crippen LogP contribution in [0.1, 0.15) is 37.9 Å². The highest BCUT2D eigenvalue weighted by atomic mass is 16.5. The zero-order valence-electron chi connectivity index (χ0n) is 12.2. The number of nitrogens with one attached hydrogen (secondary N) is 2. The third-order valence-corrected chi connectivity index (χ3v) is 3.95. The van der Waals surface area contributed by atoms with E-state index >= 15 is 0 Å². The van der Waals surface area contributed by atoms with Crippen LogP contribution in [0.3, 0.4) is 0 Å². The molecule has 1 saturated carbocycles. The average molecular weight is 296 g/mol. The molecule has 1 fully saturated rings. The van der Waals surface area contributed by atoms with Crippen LogP contribution in [0, 0.1) is 12.3 Å². The van der Waals surface area contributed by atoms with Crippen LogP contribution in [0.2, 0.25) is 0 Å². The van der Waals surface area contributed by atoms with Crippen molar-refractivity contribution in [3.8, 4) is 0 Å². The lowest BCUT2D eigenvalue weighted by molar-refractivity contribution is -0.148. The summed E-state index contributed by atoms with van der Waals surface area (Å²) in [5.74, 6) is 0.147. The maximum absolute atomic E-state index is 11.8. The van der Waals surface area contributed by atoms with Crippen molar-refractivity contribution >= 4 is 12.0 Å². The number of aromatic nitrogens is 2. The SMILES string of the molecule is Cc1noc(CCNC(=O)NC2CCCC2(C)C(=O)O)n1. The molecule has 1 heterocycles. The second-order valence-electron chi connectivity index (χ2n) is 5.55. The molecule has 0 aliphatic heterocycles. The number of amides is 2. The van der Waals surface area contributed by atoms with Gasteiger partial charge in [-0.1, -0.05) is 11.6 Å². The van der Waals surface area contributed by atoms with Crippen molar-refractivity contribution in [2.75, 3.05) is 6.54 Å². The van der Waals surface area contributed by atoms with E-state index in [1.54, 1.807) is 13.8 Å². The summed E-state index contributed by atoms with van der Waals surface area (Å²) < 4.78 is 4.93. The van der Waals surface area contributed by atoms with Crippen molar-refractivity contribution in [2.45, 2.75) is 45.6 Å². The van der Waals surface area contributed by atoms with Crippen molar-refractivity contribution in [2.24, 2.45) is 5.41 Å². The van der Waals surface area contributed by atoms with Gasteiger partial charge in [0.15, 0.2) is 5.82 Å². The Morgan fingerprint density at radius 2 is 2.29 bits per heavy atom. The quantitative estimate of drug-likeness (QED) is 0.742. The van der Waals surface area contributed by atoms with Gasteiger partial charge in [-0.25, -0.2) is 4.79 Å². The topological polar surface area (TPSA) is 117 Å². The highest BCUT2D eigenvalue weighted by Gasteiger charge is 2.45. The van der Waals surface area contributed by atoms with E-state index in [0.717, 1.165) is 6.42 Å². The molecule has 8 heteroatoms. The molecule has 116 valence electrons. The lowest BCUT2D eigenvalue weighted by atomic mass is 9.85. The molecule has 2 rings (SSSR count). The van der Waals surface area contributed by atoms with Gasteiger partial charge >= 0.3 is 12.0 Å². The molecule has 0 bridgehead atoms. The van der Waals surface area contributed by atoms with Crippen LogP contribution < -0.4 is 10.6 Å². The molecule has 1 aliphatic carbocycles. The molecule has 2 unspecified atom stereocenters. The van der Waals surface area contributed by atoms with E-state index < -0.39 is 11.4 Å². The maximum atomic E-state index is 11.8. The van der Waals surface area contributed by atoms with E-state index in [1.165, 1.54) is 0 Å². The summed E-state index contributed by atoms with van der Waals surface area (Å²) in [6.07, 6.45) is 2.50. The number of rotatable bonds is 5. The molecular formula is C13H20N4O4. The molecule has 1 aromatic heterocycles. The summed E-state index contributed by atoms with van der Waals surface area (Å²) >= 11 is 0. The van der Waals surface area contributed by atoms with E-state index in [2.05, 4.69) is 20.8 Å². The number of carboxylic acid groups (broad SMARTS) is 1. The Morgan fingerprint density at radius 1 is 1.52 bits per heavy atom. The molecule has 1 aliphatic rings. The van der Waals surface area contributed by atoms with Crippen molar-refractivity contribution in [3.63, 3.8) is 0 Å². The fourth-order valence-corrected chi connectivity index (χ4v) is 2.59. The van der Waals surface area contributed by atoms with Crippen LogP contribution in [0.25, 0.3) is 0 Å². The lowest BCUT2D eigenvalue weighted by Crippen LogP contribution is -2.50. The van der Waals surface area contributed by atoms with E-state index in [1.807, 2.05) is 0 Å². The predicted molar refractivity (Wildman–Crippen MR) is 72.7 cm³/mol. The summed E-state index contributed by atoms with van der Waals surface area (Å²) in [7, 11) is 0. The molecule has 0 radical (unpaired) electrons. The highest BCUT2D eigenvalue weighted by Crippen LogP contribution is 2.38. The third-order valence-electron chi connectivity index (χ3n) is 3.95. The monoisotopic (exact) mass is 296 g/mol. The van der Waals surface area contributed by atoms with Crippen LogP contribution >= 0.6 is 0 Å². The number of hydrogen-bond donors (Lipinski definition) is 3. The molecule has 0 aromatic carbocycles. The number of aryl methyl sites for hydroxylation is 1. The van der Waals surface area contributed by atoms with Gasteiger partial charge in [0.1, 0.15) is 0 Å². The summed E-state index contributed by atoms with van der Waals surface area (Å²) in [6, 6.07) is -0.716. The zero-order valence-corrected chi connectivity index (χ0v) is 12.2. The molecule has 2 atom stereocenters. The fraction of sp³-hybridized carbons (Fsp3) is 0.692. The molecule has 21 heavy (non-hydrogen) atoms. The van der Waals surface area contributed by atoms with Crippen LogP contribution in [-0.2, 0) is 11.2 Å². The van der Waals surface area contributed by atoms with E-state index in [0.29, 0.717) is 37.5 Å². The summed E-state index contributed by atoms with van der Waals surface area (Å²) in [4.78, 5) is 27.2. The van der Waals surface area contributed by atoms with Crippen molar-refractivity contribution in [1.29, 1.82) is 0 Å². The summed E-state index contributed by atoms with van der Waals surface area (Å²) in [5, 5.41) is 18.4. The number of carboxylic acids is 1. The Kier molecular flexibility index (Phi) is 4.44. The number of nitrogens with zero attached hydrogens (tertiary/aromatic N) is 2. The van der Waals surface area contributed by atoms with E-state index in [9.17, 15) is 14.7 Å². The third kappa shape index (κ3) is 3.50. The van der Waals surface area contributed by atoms with Gasteiger partial charge in [0.05, 0.1) is 5.41 Å². The van der Waals surface area contributed by atoms with Gasteiger partial charge in [-0.15, -0.1) is 0 Å². The first-order valence-corrected chi connectivity index (χ1v) is 6.99. The second kappa shape index (κ2) is 6.11. The molecule has 0 spiro atoms. The van der Waals surface area contributed by atoms with Crippen LogP contribution in [0.4, 0.5) is 4.79 Å². The number of carbonyl (C=O) groups excluding carboxylic acids is 1.